The zero-order valence-electron chi connectivity index (χ0n) is 21.3. The van der Waals surface area contributed by atoms with Crippen LogP contribution in [-0.4, -0.2) is 53.6 Å². The summed E-state index contributed by atoms with van der Waals surface area (Å²) in [4.78, 5) is 29.6. The summed E-state index contributed by atoms with van der Waals surface area (Å²) in [5.74, 6) is 1.59. The van der Waals surface area contributed by atoms with Gasteiger partial charge in [-0.2, -0.15) is 0 Å². The van der Waals surface area contributed by atoms with Gasteiger partial charge in [0.05, 0.1) is 26.3 Å². The number of carbonyl (C=O) groups excluding carboxylic acids is 2. The zero-order valence-corrected chi connectivity index (χ0v) is 21.3. The first-order valence-corrected chi connectivity index (χ1v) is 12.7. The number of hydrogen-bond acceptors (Lipinski definition) is 4. The van der Waals surface area contributed by atoms with Crippen LogP contribution in [0.15, 0.2) is 18.2 Å². The lowest BCUT2D eigenvalue weighted by molar-refractivity contribution is -0.133. The van der Waals surface area contributed by atoms with Crippen molar-refractivity contribution >= 4 is 22.7 Å². The third-order valence-corrected chi connectivity index (χ3v) is 7.56. The van der Waals surface area contributed by atoms with Crippen molar-refractivity contribution in [2.75, 3.05) is 20.8 Å². The minimum absolute atomic E-state index is 0.0640. The van der Waals surface area contributed by atoms with E-state index in [0.717, 1.165) is 43.0 Å². The molecule has 1 saturated carbocycles. The van der Waals surface area contributed by atoms with Gasteiger partial charge in [-0.1, -0.05) is 39.5 Å². The van der Waals surface area contributed by atoms with Gasteiger partial charge in [0.25, 0.3) is 5.91 Å². The summed E-state index contributed by atoms with van der Waals surface area (Å²) in [6.45, 7) is 7.12. The largest absolute Gasteiger partial charge is 0.496 e. The molecule has 2 amide bonds. The second kappa shape index (κ2) is 9.88. The normalized spacial score (nSPS) is 21.5. The van der Waals surface area contributed by atoms with Gasteiger partial charge in [-0.3, -0.25) is 9.59 Å². The number of ether oxygens (including phenoxy) is 2. The summed E-state index contributed by atoms with van der Waals surface area (Å²) in [5.41, 5.74) is 0.370. The molecule has 0 bridgehead atoms. The predicted octanol–water partition coefficient (Wildman–Crippen LogP) is 4.76. The second-order valence-electron chi connectivity index (χ2n) is 10.4. The second-order valence-corrected chi connectivity index (χ2v) is 10.4. The van der Waals surface area contributed by atoms with E-state index < -0.39 is 5.54 Å². The topological polar surface area (TPSA) is 72.8 Å². The molecule has 34 heavy (non-hydrogen) atoms. The van der Waals surface area contributed by atoms with Gasteiger partial charge in [0.15, 0.2) is 0 Å². The molecule has 0 radical (unpaired) electrons. The number of carbonyl (C=O) groups is 2. The van der Waals surface area contributed by atoms with E-state index in [1.165, 1.54) is 12.8 Å². The Balaban J connectivity index is 1.78. The molecule has 4 rings (SSSR count). The number of nitrogens with zero attached hydrogens (tertiary/aromatic N) is 2. The molecule has 1 aromatic carbocycles. The Morgan fingerprint density at radius 1 is 1.12 bits per heavy atom. The molecule has 2 aliphatic rings. The molecule has 2 heterocycles. The van der Waals surface area contributed by atoms with Crippen LogP contribution in [0.25, 0.3) is 10.9 Å². The highest BCUT2D eigenvalue weighted by atomic mass is 16.5. The van der Waals surface area contributed by atoms with Crippen LogP contribution in [0.5, 0.6) is 11.5 Å². The fourth-order valence-corrected chi connectivity index (χ4v) is 5.46. The maximum Gasteiger partial charge on any atom is 0.271 e. The van der Waals surface area contributed by atoms with Gasteiger partial charge in [0, 0.05) is 18.0 Å². The molecule has 1 unspecified atom stereocenters. The fraction of sp³-hybridized carbons (Fsp3) is 0.630. The van der Waals surface area contributed by atoms with Crippen LogP contribution < -0.4 is 14.8 Å². The monoisotopic (exact) mass is 469 g/mol. The van der Waals surface area contributed by atoms with Crippen molar-refractivity contribution < 1.29 is 19.1 Å². The highest BCUT2D eigenvalue weighted by Gasteiger charge is 2.48. The minimum atomic E-state index is -0.995. The number of rotatable bonds is 7. The third kappa shape index (κ3) is 4.37. The Bertz CT molecular complexity index is 1050. The van der Waals surface area contributed by atoms with Crippen molar-refractivity contribution in [3.05, 3.63) is 23.9 Å². The van der Waals surface area contributed by atoms with Crippen LogP contribution in [0, 0.1) is 5.92 Å². The van der Waals surface area contributed by atoms with Crippen LogP contribution in [0.3, 0.4) is 0 Å². The Morgan fingerprint density at radius 3 is 2.38 bits per heavy atom. The maximum atomic E-state index is 13.9. The van der Waals surface area contributed by atoms with Crippen molar-refractivity contribution in [1.82, 2.24) is 14.8 Å². The number of hydrogen-bond donors (Lipinski definition) is 1. The quantitative estimate of drug-likeness (QED) is 0.594. The number of benzene rings is 1. The van der Waals surface area contributed by atoms with Crippen LogP contribution in [-0.2, 0) is 11.3 Å². The summed E-state index contributed by atoms with van der Waals surface area (Å²) < 4.78 is 13.2. The first-order valence-electron chi connectivity index (χ1n) is 12.7. The minimum Gasteiger partial charge on any atom is -0.496 e. The van der Waals surface area contributed by atoms with Crippen molar-refractivity contribution in [3.8, 4) is 11.5 Å². The molecular formula is C27H39N3O4. The molecule has 1 aromatic heterocycles. The van der Waals surface area contributed by atoms with Crippen molar-refractivity contribution in [1.29, 1.82) is 0 Å². The highest BCUT2D eigenvalue weighted by molar-refractivity contribution is 6.05. The molecule has 186 valence electrons. The SMILES string of the molecule is COc1ccc(OC)c2c1cc1n2CC(C)(C(=O)NC2CCCCCC2)N(CCC(C)C)C1=O. The molecule has 1 N–H and O–H groups in total. The van der Waals surface area contributed by atoms with Crippen molar-refractivity contribution in [3.63, 3.8) is 0 Å². The van der Waals surface area contributed by atoms with Gasteiger partial charge in [-0.25, -0.2) is 0 Å². The Morgan fingerprint density at radius 2 is 1.76 bits per heavy atom. The number of amides is 2. The fourth-order valence-electron chi connectivity index (χ4n) is 5.46. The van der Waals surface area contributed by atoms with E-state index in [-0.39, 0.29) is 17.9 Å². The van der Waals surface area contributed by atoms with Crippen LogP contribution >= 0.6 is 0 Å². The number of fused-ring (bicyclic) bond motifs is 3. The van der Waals surface area contributed by atoms with E-state index >= 15 is 0 Å². The molecule has 1 aliphatic heterocycles. The molecule has 0 saturated heterocycles. The summed E-state index contributed by atoms with van der Waals surface area (Å²) in [7, 11) is 3.25. The summed E-state index contributed by atoms with van der Waals surface area (Å²) in [5, 5.41) is 4.15. The first-order chi connectivity index (χ1) is 16.3. The molecule has 1 atom stereocenters. The number of methoxy groups -OCH3 is 2. The predicted molar refractivity (Wildman–Crippen MR) is 134 cm³/mol. The van der Waals surface area contributed by atoms with Gasteiger partial charge in [0.2, 0.25) is 5.91 Å². The molecule has 1 fully saturated rings. The number of nitrogens with one attached hydrogen (secondary N) is 1. The van der Waals surface area contributed by atoms with Crippen molar-refractivity contribution in [2.45, 2.75) is 83.8 Å². The molecule has 7 nitrogen and oxygen atoms in total. The van der Waals surface area contributed by atoms with Gasteiger partial charge in [-0.05, 0) is 50.3 Å². The summed E-state index contributed by atoms with van der Waals surface area (Å²) in [6, 6.07) is 5.76. The summed E-state index contributed by atoms with van der Waals surface area (Å²) in [6.07, 6.45) is 7.58. The van der Waals surface area contributed by atoms with Crippen LogP contribution in [0.4, 0.5) is 0 Å². The molecule has 1 aliphatic carbocycles. The van der Waals surface area contributed by atoms with E-state index in [2.05, 4.69) is 19.2 Å². The van der Waals surface area contributed by atoms with E-state index in [1.807, 2.05) is 29.7 Å². The molecule has 2 aromatic rings. The molecule has 7 heteroatoms. The Kier molecular flexibility index (Phi) is 7.10. The van der Waals surface area contributed by atoms with Gasteiger partial charge in [0.1, 0.15) is 22.7 Å². The standard InChI is InChI=1S/C27H39N3O4/c1-18(2)14-15-30-25(31)21-16-20-22(33-4)12-13-23(34-5)24(20)29(21)17-27(30,3)26(32)28-19-10-8-6-7-9-11-19/h12-13,16,18-19H,6-11,14-15,17H2,1-5H3,(H,28,32). The molecule has 0 spiro atoms. The average molecular weight is 470 g/mol. The van der Waals surface area contributed by atoms with Crippen LogP contribution in [0.2, 0.25) is 0 Å². The first kappa shape index (κ1) is 24.4. The van der Waals surface area contributed by atoms with E-state index in [9.17, 15) is 9.59 Å². The van der Waals surface area contributed by atoms with Gasteiger partial charge in [-0.15, -0.1) is 0 Å². The molecular weight excluding hydrogens is 430 g/mol. The lowest BCUT2D eigenvalue weighted by Crippen LogP contribution is -2.65. The third-order valence-electron chi connectivity index (χ3n) is 7.56. The van der Waals surface area contributed by atoms with Crippen LogP contribution in [0.1, 0.15) is 76.2 Å². The van der Waals surface area contributed by atoms with Crippen molar-refractivity contribution in [2.24, 2.45) is 5.92 Å². The average Bonchev–Trinajstić information content (AvgIpc) is 3.00. The van der Waals surface area contributed by atoms with E-state index in [1.54, 1.807) is 19.1 Å². The lowest BCUT2D eigenvalue weighted by Gasteiger charge is -2.45. The van der Waals surface area contributed by atoms with Gasteiger partial charge >= 0.3 is 0 Å². The summed E-state index contributed by atoms with van der Waals surface area (Å²) >= 11 is 0. The highest BCUT2D eigenvalue weighted by Crippen LogP contribution is 2.40. The number of aromatic nitrogens is 1. The Hall–Kier alpha value is -2.70. The Labute approximate surface area is 202 Å². The smallest absolute Gasteiger partial charge is 0.271 e. The maximum absolute atomic E-state index is 13.9. The van der Waals surface area contributed by atoms with Gasteiger partial charge < -0.3 is 24.3 Å². The van der Waals surface area contributed by atoms with E-state index in [0.29, 0.717) is 36.2 Å². The lowest BCUT2D eigenvalue weighted by atomic mass is 9.92. The zero-order chi connectivity index (χ0) is 24.5. The van der Waals surface area contributed by atoms with E-state index in [4.69, 9.17) is 9.47 Å².